The highest BCUT2D eigenvalue weighted by molar-refractivity contribution is 7.88. The zero-order chi connectivity index (χ0) is 26.4. The Morgan fingerprint density at radius 2 is 1.54 bits per heavy atom. The summed E-state index contributed by atoms with van der Waals surface area (Å²) >= 11 is 0. The molecule has 1 aliphatic heterocycles. The van der Waals surface area contributed by atoms with Crippen molar-refractivity contribution in [2.24, 2.45) is 5.92 Å². The van der Waals surface area contributed by atoms with Crippen molar-refractivity contribution in [2.75, 3.05) is 18.4 Å². The molecule has 0 unspecified atom stereocenters. The van der Waals surface area contributed by atoms with E-state index in [1.54, 1.807) is 24.3 Å². The number of hydrogen-bond acceptors (Lipinski definition) is 4. The lowest BCUT2D eigenvalue weighted by Gasteiger charge is -2.31. The Bertz CT molecular complexity index is 1350. The molecular formula is C29H33N3O4S. The number of nitrogens with one attached hydrogen (secondary N) is 2. The summed E-state index contributed by atoms with van der Waals surface area (Å²) in [5.74, 6) is -0.846. The van der Waals surface area contributed by atoms with Crippen molar-refractivity contribution in [3.05, 3.63) is 101 Å². The molecule has 0 radical (unpaired) electrons. The molecule has 1 aliphatic rings. The van der Waals surface area contributed by atoms with Crippen LogP contribution in [-0.4, -0.2) is 37.6 Å². The lowest BCUT2D eigenvalue weighted by molar-refractivity contribution is -0.120. The molecule has 1 saturated heterocycles. The van der Waals surface area contributed by atoms with Crippen LogP contribution < -0.4 is 10.6 Å². The van der Waals surface area contributed by atoms with Gasteiger partial charge in [-0.15, -0.1) is 0 Å². The molecule has 8 heteroatoms. The SMILES string of the molecule is Cc1ccccc1CS(=O)(=O)N1CCC(C(=O)Nc2ccccc2C(=O)N[C@H](C)c2ccccc2)CC1. The van der Waals surface area contributed by atoms with Gasteiger partial charge in [-0.1, -0.05) is 66.7 Å². The molecule has 7 nitrogen and oxygen atoms in total. The maximum Gasteiger partial charge on any atom is 0.253 e. The summed E-state index contributed by atoms with van der Waals surface area (Å²) in [5, 5.41) is 5.90. The van der Waals surface area contributed by atoms with Crippen molar-refractivity contribution < 1.29 is 18.0 Å². The number of rotatable bonds is 8. The first kappa shape index (κ1) is 26.6. The minimum atomic E-state index is -3.47. The summed E-state index contributed by atoms with van der Waals surface area (Å²) in [6, 6.07) is 23.9. The summed E-state index contributed by atoms with van der Waals surface area (Å²) < 4.78 is 27.4. The van der Waals surface area contributed by atoms with E-state index in [9.17, 15) is 18.0 Å². The fourth-order valence-electron chi connectivity index (χ4n) is 4.58. The van der Waals surface area contributed by atoms with Crippen LogP contribution in [0, 0.1) is 12.8 Å². The van der Waals surface area contributed by atoms with Gasteiger partial charge >= 0.3 is 0 Å². The van der Waals surface area contributed by atoms with Crippen LogP contribution in [0.2, 0.25) is 0 Å². The zero-order valence-electron chi connectivity index (χ0n) is 21.2. The second-order valence-electron chi connectivity index (χ2n) is 9.50. The van der Waals surface area contributed by atoms with Gasteiger partial charge in [0.1, 0.15) is 0 Å². The van der Waals surface area contributed by atoms with Gasteiger partial charge in [-0.2, -0.15) is 0 Å². The van der Waals surface area contributed by atoms with Crippen LogP contribution in [0.1, 0.15) is 52.9 Å². The Kier molecular flexibility index (Phi) is 8.41. The first-order valence-electron chi connectivity index (χ1n) is 12.5. The van der Waals surface area contributed by atoms with Crippen LogP contribution in [0.4, 0.5) is 5.69 Å². The Hall–Kier alpha value is -3.49. The Labute approximate surface area is 218 Å². The summed E-state index contributed by atoms with van der Waals surface area (Å²) in [7, 11) is -3.47. The summed E-state index contributed by atoms with van der Waals surface area (Å²) in [6.07, 6.45) is 0.858. The molecule has 4 rings (SSSR count). The molecule has 1 atom stereocenters. The molecule has 0 spiro atoms. The van der Waals surface area contributed by atoms with E-state index in [-0.39, 0.29) is 29.5 Å². The van der Waals surface area contributed by atoms with E-state index in [4.69, 9.17) is 0 Å². The molecule has 194 valence electrons. The Balaban J connectivity index is 1.36. The van der Waals surface area contributed by atoms with E-state index in [2.05, 4.69) is 10.6 Å². The second kappa shape index (κ2) is 11.7. The van der Waals surface area contributed by atoms with Crippen LogP contribution in [-0.2, 0) is 20.6 Å². The molecule has 0 bridgehead atoms. The largest absolute Gasteiger partial charge is 0.345 e. The van der Waals surface area contributed by atoms with Crippen molar-refractivity contribution in [3.8, 4) is 0 Å². The van der Waals surface area contributed by atoms with E-state index in [0.717, 1.165) is 16.7 Å². The zero-order valence-corrected chi connectivity index (χ0v) is 22.0. The van der Waals surface area contributed by atoms with Gasteiger partial charge in [0.05, 0.1) is 23.0 Å². The smallest absolute Gasteiger partial charge is 0.253 e. The number of nitrogens with zero attached hydrogens (tertiary/aromatic N) is 1. The van der Waals surface area contributed by atoms with E-state index < -0.39 is 10.0 Å². The van der Waals surface area contributed by atoms with Gasteiger partial charge in [0.25, 0.3) is 5.91 Å². The van der Waals surface area contributed by atoms with E-state index in [1.165, 1.54) is 4.31 Å². The number of benzene rings is 3. The highest BCUT2D eigenvalue weighted by atomic mass is 32.2. The summed E-state index contributed by atoms with van der Waals surface area (Å²) in [6.45, 7) is 4.41. The third-order valence-electron chi connectivity index (χ3n) is 6.89. The van der Waals surface area contributed by atoms with Gasteiger partial charge < -0.3 is 10.6 Å². The minimum absolute atomic E-state index is 0.0412. The Morgan fingerprint density at radius 3 is 2.24 bits per heavy atom. The number of amides is 2. The molecular weight excluding hydrogens is 486 g/mol. The first-order valence-corrected chi connectivity index (χ1v) is 14.1. The molecule has 0 saturated carbocycles. The van der Waals surface area contributed by atoms with Crippen molar-refractivity contribution in [1.82, 2.24) is 9.62 Å². The number of anilines is 1. The number of sulfonamides is 1. The van der Waals surface area contributed by atoms with Crippen molar-refractivity contribution >= 4 is 27.5 Å². The predicted molar refractivity (Wildman–Crippen MR) is 145 cm³/mol. The monoisotopic (exact) mass is 519 g/mol. The lowest BCUT2D eigenvalue weighted by Crippen LogP contribution is -2.42. The average molecular weight is 520 g/mol. The standard InChI is InChI=1S/C29H33N3O4S/c1-21-10-6-7-13-25(21)20-37(35,36)32-18-16-24(17-19-32)28(33)31-27-15-9-8-14-26(27)29(34)30-22(2)23-11-4-3-5-12-23/h3-15,22,24H,16-20H2,1-2H3,(H,30,34)(H,31,33)/t22-/m1/s1. The van der Waals surface area contributed by atoms with Crippen LogP contribution >= 0.6 is 0 Å². The number of piperidine rings is 1. The molecule has 0 aromatic heterocycles. The lowest BCUT2D eigenvalue weighted by atomic mass is 9.97. The van der Waals surface area contributed by atoms with Crippen molar-refractivity contribution in [3.63, 3.8) is 0 Å². The number of para-hydroxylation sites is 1. The van der Waals surface area contributed by atoms with Crippen molar-refractivity contribution in [2.45, 2.75) is 38.5 Å². The number of hydrogen-bond donors (Lipinski definition) is 2. The van der Waals surface area contributed by atoms with E-state index in [1.807, 2.05) is 68.4 Å². The normalized spacial score (nSPS) is 15.6. The number of carbonyl (C=O) groups is 2. The van der Waals surface area contributed by atoms with Crippen LogP contribution in [0.15, 0.2) is 78.9 Å². The van der Waals surface area contributed by atoms with Gasteiger partial charge in [0.2, 0.25) is 15.9 Å². The summed E-state index contributed by atoms with van der Waals surface area (Å²) in [4.78, 5) is 26.1. The average Bonchev–Trinajstić information content (AvgIpc) is 2.90. The molecule has 37 heavy (non-hydrogen) atoms. The van der Waals surface area contributed by atoms with E-state index in [0.29, 0.717) is 37.2 Å². The maximum absolute atomic E-state index is 13.1. The molecule has 1 fully saturated rings. The number of aryl methyl sites for hydroxylation is 1. The summed E-state index contributed by atoms with van der Waals surface area (Å²) in [5.41, 5.74) is 3.55. The van der Waals surface area contributed by atoms with Crippen LogP contribution in [0.25, 0.3) is 0 Å². The highest BCUT2D eigenvalue weighted by Gasteiger charge is 2.32. The fourth-order valence-corrected chi connectivity index (χ4v) is 6.25. The van der Waals surface area contributed by atoms with Gasteiger partial charge in [-0.3, -0.25) is 9.59 Å². The van der Waals surface area contributed by atoms with Gasteiger partial charge in [-0.05, 0) is 55.5 Å². The van der Waals surface area contributed by atoms with Gasteiger partial charge in [0, 0.05) is 19.0 Å². The fraction of sp³-hybridized carbons (Fsp3) is 0.310. The third-order valence-corrected chi connectivity index (χ3v) is 8.72. The van der Waals surface area contributed by atoms with Gasteiger partial charge in [-0.25, -0.2) is 12.7 Å². The predicted octanol–water partition coefficient (Wildman–Crippen LogP) is 4.67. The van der Waals surface area contributed by atoms with Crippen LogP contribution in [0.5, 0.6) is 0 Å². The molecule has 3 aromatic rings. The molecule has 2 amide bonds. The van der Waals surface area contributed by atoms with E-state index >= 15 is 0 Å². The highest BCUT2D eigenvalue weighted by Crippen LogP contribution is 2.25. The third kappa shape index (κ3) is 6.64. The van der Waals surface area contributed by atoms with Crippen LogP contribution in [0.3, 0.4) is 0 Å². The molecule has 3 aromatic carbocycles. The maximum atomic E-state index is 13.1. The van der Waals surface area contributed by atoms with Crippen molar-refractivity contribution in [1.29, 1.82) is 0 Å². The molecule has 0 aliphatic carbocycles. The quantitative estimate of drug-likeness (QED) is 0.452. The first-order chi connectivity index (χ1) is 17.7. The topological polar surface area (TPSA) is 95.6 Å². The minimum Gasteiger partial charge on any atom is -0.345 e. The molecule has 1 heterocycles. The van der Waals surface area contributed by atoms with Gasteiger partial charge in [0.15, 0.2) is 0 Å². The number of carbonyl (C=O) groups excluding carboxylic acids is 2. The second-order valence-corrected chi connectivity index (χ2v) is 11.5. The Morgan fingerprint density at radius 1 is 0.919 bits per heavy atom. The molecule has 2 N–H and O–H groups in total.